The molecule has 174 valence electrons. The van der Waals surface area contributed by atoms with Gasteiger partial charge in [0.1, 0.15) is 11.6 Å². The van der Waals surface area contributed by atoms with Gasteiger partial charge in [-0.2, -0.15) is 0 Å². The predicted octanol–water partition coefficient (Wildman–Crippen LogP) is 2.72. The minimum Gasteiger partial charge on any atom is -0.383 e. The number of nitrogens with one attached hydrogen (secondary N) is 2. The third kappa shape index (κ3) is 5.68. The highest BCUT2D eigenvalue weighted by Gasteiger charge is 2.25. The minimum absolute atomic E-state index is 0.0230. The number of nitrogen functional groups attached to an aromatic ring is 1. The second kappa shape index (κ2) is 10.2. The van der Waals surface area contributed by atoms with E-state index >= 15 is 0 Å². The third-order valence-electron chi connectivity index (χ3n) is 5.13. The smallest absolute Gasteiger partial charge is 0.330 e. The number of hydrogen-bond acceptors (Lipinski definition) is 5. The first-order valence-corrected chi connectivity index (χ1v) is 10.6. The van der Waals surface area contributed by atoms with E-state index in [1.807, 2.05) is 44.2 Å². The predicted molar refractivity (Wildman–Crippen MR) is 128 cm³/mol. The van der Waals surface area contributed by atoms with Gasteiger partial charge < -0.3 is 16.0 Å². The molecule has 0 saturated heterocycles. The molecule has 1 heterocycles. The fraction of sp³-hybridized carbons (Fsp3) is 0.292. The Morgan fingerprint density at radius 2 is 1.88 bits per heavy atom. The molecule has 0 aliphatic rings. The van der Waals surface area contributed by atoms with Gasteiger partial charge in [0.2, 0.25) is 5.91 Å². The Bertz CT molecular complexity index is 1250. The Kier molecular flexibility index (Phi) is 7.32. The van der Waals surface area contributed by atoms with Crippen LogP contribution >= 0.6 is 0 Å². The average molecular weight is 454 g/mol. The second-order valence-electron chi connectivity index (χ2n) is 8.28. The Labute approximate surface area is 190 Å². The van der Waals surface area contributed by atoms with E-state index in [0.717, 1.165) is 5.56 Å². The molecule has 0 aliphatic heterocycles. The molecule has 0 unspecified atom stereocenters. The lowest BCUT2D eigenvalue weighted by Crippen LogP contribution is -2.44. The van der Waals surface area contributed by atoms with Crippen molar-refractivity contribution < 1.29 is 9.18 Å². The molecule has 3 aromatic rings. The van der Waals surface area contributed by atoms with Crippen molar-refractivity contribution in [2.45, 2.75) is 27.3 Å². The molecule has 33 heavy (non-hydrogen) atoms. The third-order valence-corrected chi connectivity index (χ3v) is 5.13. The van der Waals surface area contributed by atoms with Gasteiger partial charge in [0.05, 0.1) is 13.1 Å². The van der Waals surface area contributed by atoms with Gasteiger partial charge in [0.15, 0.2) is 5.69 Å². The lowest BCUT2D eigenvalue weighted by atomic mass is 10.1. The molecule has 0 atom stereocenters. The summed E-state index contributed by atoms with van der Waals surface area (Å²) in [6.45, 7) is 5.76. The maximum absolute atomic E-state index is 13.4. The van der Waals surface area contributed by atoms with E-state index < -0.39 is 17.2 Å². The maximum Gasteiger partial charge on any atom is 0.330 e. The first-order valence-electron chi connectivity index (χ1n) is 10.6. The Hall–Kier alpha value is -3.88. The number of carbonyl (C=O) groups excluding carboxylic acids is 1. The zero-order chi connectivity index (χ0) is 24.1. The number of aryl methyl sites for hydroxylation is 1. The molecular formula is C24H28FN5O3. The number of nitrogens with zero attached hydrogens (tertiary/aromatic N) is 2. The summed E-state index contributed by atoms with van der Waals surface area (Å²) in [5, 5.41) is 2.99. The van der Waals surface area contributed by atoms with Crippen molar-refractivity contribution >= 4 is 23.1 Å². The van der Waals surface area contributed by atoms with E-state index in [0.29, 0.717) is 11.3 Å². The molecule has 4 N–H and O–H groups in total. The van der Waals surface area contributed by atoms with E-state index in [2.05, 4.69) is 10.3 Å². The van der Waals surface area contributed by atoms with Crippen molar-refractivity contribution in [3.05, 3.63) is 86.3 Å². The van der Waals surface area contributed by atoms with Gasteiger partial charge in [0.25, 0.3) is 5.56 Å². The van der Waals surface area contributed by atoms with Crippen molar-refractivity contribution in [2.24, 2.45) is 5.92 Å². The van der Waals surface area contributed by atoms with E-state index in [-0.39, 0.29) is 42.9 Å². The molecular weight excluding hydrogens is 425 g/mol. The summed E-state index contributed by atoms with van der Waals surface area (Å²) in [5.41, 5.74) is 6.90. The lowest BCUT2D eigenvalue weighted by Gasteiger charge is -2.26. The number of carbonyl (C=O) groups is 1. The quantitative estimate of drug-likeness (QED) is 0.485. The highest BCUT2D eigenvalue weighted by atomic mass is 19.1. The fourth-order valence-electron chi connectivity index (χ4n) is 3.54. The Morgan fingerprint density at radius 1 is 1.18 bits per heavy atom. The maximum atomic E-state index is 13.4. The molecule has 1 amide bonds. The lowest BCUT2D eigenvalue weighted by molar-refractivity contribution is -0.117. The summed E-state index contributed by atoms with van der Waals surface area (Å²) in [5.74, 6) is -0.838. The molecule has 9 heteroatoms. The van der Waals surface area contributed by atoms with E-state index in [9.17, 15) is 18.8 Å². The number of hydrogen-bond donors (Lipinski definition) is 3. The molecule has 3 rings (SSSR count). The SMILES string of the molecule is Cc1cc(F)ccc1NCC(=O)N(CC(C)C)c1c(N)n(Cc2ccccc2)c(=O)[nH]c1=O. The fourth-order valence-corrected chi connectivity index (χ4v) is 3.54. The van der Waals surface area contributed by atoms with Crippen LogP contribution in [0.15, 0.2) is 58.1 Å². The normalized spacial score (nSPS) is 10.9. The van der Waals surface area contributed by atoms with Crippen LogP contribution < -0.4 is 27.2 Å². The number of amides is 1. The molecule has 0 radical (unpaired) electrons. The highest BCUT2D eigenvalue weighted by molar-refractivity contribution is 5.98. The van der Waals surface area contributed by atoms with Gasteiger partial charge in [-0.05, 0) is 42.2 Å². The summed E-state index contributed by atoms with van der Waals surface area (Å²) in [6.07, 6.45) is 0. The first-order chi connectivity index (χ1) is 15.7. The van der Waals surface area contributed by atoms with Crippen LogP contribution in [0.25, 0.3) is 0 Å². The number of halogens is 1. The van der Waals surface area contributed by atoms with Crippen molar-refractivity contribution in [2.75, 3.05) is 29.0 Å². The summed E-state index contributed by atoms with van der Waals surface area (Å²) >= 11 is 0. The Morgan fingerprint density at radius 3 is 2.52 bits per heavy atom. The monoisotopic (exact) mass is 453 g/mol. The number of anilines is 3. The molecule has 0 aliphatic carbocycles. The van der Waals surface area contributed by atoms with Crippen LogP contribution in [-0.4, -0.2) is 28.5 Å². The number of aromatic amines is 1. The van der Waals surface area contributed by atoms with Crippen LogP contribution in [0.3, 0.4) is 0 Å². The van der Waals surface area contributed by atoms with Gasteiger partial charge in [-0.1, -0.05) is 44.2 Å². The van der Waals surface area contributed by atoms with Crippen LogP contribution in [-0.2, 0) is 11.3 Å². The summed E-state index contributed by atoms with van der Waals surface area (Å²) in [6, 6.07) is 13.4. The second-order valence-corrected chi connectivity index (χ2v) is 8.28. The number of rotatable bonds is 8. The molecule has 1 aromatic heterocycles. The zero-order valence-corrected chi connectivity index (χ0v) is 18.9. The van der Waals surface area contributed by atoms with Gasteiger partial charge in [-0.3, -0.25) is 19.1 Å². The molecule has 0 fully saturated rings. The van der Waals surface area contributed by atoms with Crippen LogP contribution in [0, 0.1) is 18.7 Å². The van der Waals surface area contributed by atoms with Crippen molar-refractivity contribution in [3.8, 4) is 0 Å². The van der Waals surface area contributed by atoms with Crippen molar-refractivity contribution in [1.29, 1.82) is 0 Å². The number of nitrogens with two attached hydrogens (primary N) is 1. The van der Waals surface area contributed by atoms with Crippen LogP contribution in [0.2, 0.25) is 0 Å². The van der Waals surface area contributed by atoms with E-state index in [1.165, 1.54) is 21.6 Å². The molecule has 0 spiro atoms. The van der Waals surface area contributed by atoms with E-state index in [4.69, 9.17) is 5.73 Å². The van der Waals surface area contributed by atoms with Gasteiger partial charge >= 0.3 is 5.69 Å². The standard InChI is InChI=1S/C24H28FN5O3/c1-15(2)13-29(20(31)12-27-19-10-9-18(25)11-16(19)3)21-22(26)30(24(33)28-23(21)32)14-17-7-5-4-6-8-17/h4-11,15,27H,12-14,26H2,1-3H3,(H,28,32,33). The van der Waals surface area contributed by atoms with Gasteiger partial charge in [-0.15, -0.1) is 0 Å². The topological polar surface area (TPSA) is 113 Å². The van der Waals surface area contributed by atoms with Gasteiger partial charge in [0, 0.05) is 12.2 Å². The van der Waals surface area contributed by atoms with Crippen LogP contribution in [0.5, 0.6) is 0 Å². The molecule has 2 aromatic carbocycles. The summed E-state index contributed by atoms with van der Waals surface area (Å²) in [4.78, 5) is 42.0. The summed E-state index contributed by atoms with van der Waals surface area (Å²) < 4.78 is 14.6. The largest absolute Gasteiger partial charge is 0.383 e. The van der Waals surface area contributed by atoms with E-state index in [1.54, 1.807) is 13.0 Å². The van der Waals surface area contributed by atoms with Gasteiger partial charge in [-0.25, -0.2) is 9.18 Å². The Balaban J connectivity index is 1.95. The molecule has 0 saturated carbocycles. The number of aromatic nitrogens is 2. The highest BCUT2D eigenvalue weighted by Crippen LogP contribution is 2.20. The minimum atomic E-state index is -0.728. The van der Waals surface area contributed by atoms with Crippen molar-refractivity contribution in [3.63, 3.8) is 0 Å². The van der Waals surface area contributed by atoms with Crippen LogP contribution in [0.1, 0.15) is 25.0 Å². The number of H-pyrrole nitrogens is 1. The number of benzene rings is 2. The summed E-state index contributed by atoms with van der Waals surface area (Å²) in [7, 11) is 0. The first kappa shape index (κ1) is 23.8. The average Bonchev–Trinajstić information content (AvgIpc) is 2.75. The zero-order valence-electron chi connectivity index (χ0n) is 18.9. The van der Waals surface area contributed by atoms with Crippen molar-refractivity contribution in [1.82, 2.24) is 9.55 Å². The molecule has 8 nitrogen and oxygen atoms in total. The van der Waals surface area contributed by atoms with Crippen LogP contribution in [0.4, 0.5) is 21.6 Å². The molecule has 0 bridgehead atoms.